The molecule has 3 heterocycles. The Morgan fingerprint density at radius 3 is 2.30 bits per heavy atom. The van der Waals surface area contributed by atoms with Gasteiger partial charge < -0.3 is 23.3 Å². The van der Waals surface area contributed by atoms with Crippen LogP contribution in [0.3, 0.4) is 0 Å². The van der Waals surface area contributed by atoms with Gasteiger partial charge in [-0.15, -0.1) is 0 Å². The molecule has 0 unspecified atom stereocenters. The van der Waals surface area contributed by atoms with E-state index in [1.165, 1.54) is 13.4 Å². The van der Waals surface area contributed by atoms with Crippen molar-refractivity contribution in [1.82, 2.24) is 15.0 Å². The monoisotopic (exact) mass is 510 g/mol. The van der Waals surface area contributed by atoms with Crippen molar-refractivity contribution >= 4 is 17.7 Å². The highest BCUT2D eigenvalue weighted by molar-refractivity contribution is 6.07. The fourth-order valence-corrected chi connectivity index (χ4v) is 4.27. The molecule has 1 aliphatic heterocycles. The van der Waals surface area contributed by atoms with Crippen LogP contribution in [0.25, 0.3) is 11.4 Å². The largest absolute Gasteiger partial charge is 0.465 e. The lowest BCUT2D eigenvalue weighted by molar-refractivity contribution is -0.176. The molecule has 1 aromatic carbocycles. The first kappa shape index (κ1) is 26.1. The van der Waals surface area contributed by atoms with E-state index in [1.54, 1.807) is 26.0 Å². The van der Waals surface area contributed by atoms with Crippen LogP contribution in [0, 0.1) is 5.41 Å². The lowest BCUT2D eigenvalue weighted by Gasteiger charge is -2.38. The van der Waals surface area contributed by atoms with E-state index in [-0.39, 0.29) is 19.1 Å². The molecule has 0 spiro atoms. The van der Waals surface area contributed by atoms with Gasteiger partial charge in [0.1, 0.15) is 7.11 Å². The van der Waals surface area contributed by atoms with Gasteiger partial charge in [0.15, 0.2) is 11.2 Å². The minimum atomic E-state index is -1.23. The lowest BCUT2D eigenvalue weighted by Crippen LogP contribution is -2.50. The summed E-state index contributed by atoms with van der Waals surface area (Å²) in [4.78, 5) is 36.8. The van der Waals surface area contributed by atoms with Crippen LogP contribution in [-0.2, 0) is 30.4 Å². The van der Waals surface area contributed by atoms with E-state index in [9.17, 15) is 9.59 Å². The van der Waals surface area contributed by atoms with E-state index in [1.807, 2.05) is 24.3 Å². The Labute approximate surface area is 214 Å². The Morgan fingerprint density at radius 2 is 1.73 bits per heavy atom. The number of rotatable bonds is 10. The Hall–Kier alpha value is -3.99. The van der Waals surface area contributed by atoms with Crippen LogP contribution in [0.5, 0.6) is 0 Å². The van der Waals surface area contributed by atoms with Gasteiger partial charge in [-0.05, 0) is 44.4 Å². The number of benzene rings is 1. The van der Waals surface area contributed by atoms with Gasteiger partial charge >= 0.3 is 11.9 Å². The first-order valence-corrected chi connectivity index (χ1v) is 12.2. The quantitative estimate of drug-likeness (QED) is 0.173. The summed E-state index contributed by atoms with van der Waals surface area (Å²) in [6.07, 6.45) is 2.23. The summed E-state index contributed by atoms with van der Waals surface area (Å²) in [5.41, 5.74) is 0.917. The van der Waals surface area contributed by atoms with Gasteiger partial charge in [-0.3, -0.25) is 14.5 Å². The number of hydrogen-bond acceptors (Lipinski definition) is 11. The first-order valence-electron chi connectivity index (χ1n) is 12.2. The van der Waals surface area contributed by atoms with Gasteiger partial charge in [0, 0.05) is 25.2 Å². The number of esters is 2. The molecular weight excluding hydrogens is 480 g/mol. The Bertz CT molecular complexity index is 1190. The molecule has 1 fully saturated rings. The van der Waals surface area contributed by atoms with Crippen molar-refractivity contribution in [2.24, 2.45) is 10.6 Å². The zero-order chi connectivity index (χ0) is 26.3. The SMILES string of the molecule is CCOC(=O)C1(C(=O)OCC)CCN(Cc2ccc(-c3noc(/C(=N\OC)c4ccco4)n3)cc2)CC1. The zero-order valence-corrected chi connectivity index (χ0v) is 21.1. The summed E-state index contributed by atoms with van der Waals surface area (Å²) in [7, 11) is 1.43. The zero-order valence-electron chi connectivity index (χ0n) is 21.1. The highest BCUT2D eigenvalue weighted by atomic mass is 16.6. The number of ether oxygens (including phenoxy) is 2. The molecule has 0 amide bonds. The molecule has 196 valence electrons. The molecule has 11 heteroatoms. The van der Waals surface area contributed by atoms with Crippen LogP contribution >= 0.6 is 0 Å². The summed E-state index contributed by atoms with van der Waals surface area (Å²) in [5, 5.41) is 8.00. The molecule has 1 saturated heterocycles. The molecule has 37 heavy (non-hydrogen) atoms. The maximum absolute atomic E-state index is 12.6. The van der Waals surface area contributed by atoms with Crippen molar-refractivity contribution in [3.05, 3.63) is 59.9 Å². The van der Waals surface area contributed by atoms with Gasteiger partial charge in [-0.2, -0.15) is 4.98 Å². The molecule has 0 aliphatic carbocycles. The fourth-order valence-electron chi connectivity index (χ4n) is 4.27. The summed E-state index contributed by atoms with van der Waals surface area (Å²) in [6.45, 7) is 5.72. The molecule has 0 radical (unpaired) electrons. The van der Waals surface area contributed by atoms with Crippen LogP contribution in [0.1, 0.15) is 43.9 Å². The third kappa shape index (κ3) is 5.72. The maximum Gasteiger partial charge on any atom is 0.323 e. The minimum absolute atomic E-state index is 0.177. The van der Waals surface area contributed by atoms with E-state index >= 15 is 0 Å². The third-order valence-electron chi connectivity index (χ3n) is 6.23. The highest BCUT2D eigenvalue weighted by Gasteiger charge is 2.50. The molecular formula is C26H30N4O7. The van der Waals surface area contributed by atoms with Crippen molar-refractivity contribution in [3.63, 3.8) is 0 Å². The Balaban J connectivity index is 1.40. The normalized spacial score (nSPS) is 15.8. The van der Waals surface area contributed by atoms with E-state index < -0.39 is 17.4 Å². The number of nitrogens with zero attached hydrogens (tertiary/aromatic N) is 4. The van der Waals surface area contributed by atoms with E-state index in [4.69, 9.17) is 23.3 Å². The van der Waals surface area contributed by atoms with Gasteiger partial charge in [-0.25, -0.2) is 0 Å². The molecule has 0 atom stereocenters. The van der Waals surface area contributed by atoms with Crippen LogP contribution in [0.15, 0.2) is 56.8 Å². The van der Waals surface area contributed by atoms with E-state index in [0.717, 1.165) is 11.1 Å². The van der Waals surface area contributed by atoms with Crippen molar-refractivity contribution < 1.29 is 32.8 Å². The number of likely N-dealkylation sites (tertiary alicyclic amines) is 1. The van der Waals surface area contributed by atoms with Crippen LogP contribution in [0.4, 0.5) is 0 Å². The second-order valence-electron chi connectivity index (χ2n) is 8.52. The van der Waals surface area contributed by atoms with Gasteiger partial charge in [0.25, 0.3) is 5.89 Å². The lowest BCUT2D eigenvalue weighted by atomic mass is 9.78. The average molecular weight is 511 g/mol. The Morgan fingerprint density at radius 1 is 1.05 bits per heavy atom. The maximum atomic E-state index is 12.6. The molecule has 11 nitrogen and oxygen atoms in total. The molecule has 2 aromatic heterocycles. The number of carbonyl (C=O) groups excluding carboxylic acids is 2. The Kier molecular flexibility index (Phi) is 8.34. The second-order valence-corrected chi connectivity index (χ2v) is 8.52. The number of furan rings is 1. The predicted molar refractivity (Wildman–Crippen MR) is 131 cm³/mol. The fraction of sp³-hybridized carbons (Fsp3) is 0.423. The standard InChI is InChI=1S/C26H30N4O7/c1-4-34-24(31)26(25(32)35-5-2)12-14-30(15-13-26)17-18-8-10-19(11-9-18)22-27-23(37-29-22)21(28-33-3)20-7-6-16-36-20/h6-11,16H,4-5,12-15,17H2,1-3H3/b28-21-. The van der Waals surface area contributed by atoms with Gasteiger partial charge in [-0.1, -0.05) is 34.6 Å². The smallest absolute Gasteiger partial charge is 0.323 e. The summed E-state index contributed by atoms with van der Waals surface area (Å²) < 4.78 is 21.2. The summed E-state index contributed by atoms with van der Waals surface area (Å²) in [5.74, 6) is 0.0358. The van der Waals surface area contributed by atoms with E-state index in [2.05, 4.69) is 20.2 Å². The van der Waals surface area contributed by atoms with E-state index in [0.29, 0.717) is 49.8 Å². The molecule has 0 bridgehead atoms. The number of hydrogen-bond donors (Lipinski definition) is 0. The number of carbonyl (C=O) groups is 2. The van der Waals surface area contributed by atoms with Crippen molar-refractivity contribution in [1.29, 1.82) is 0 Å². The highest BCUT2D eigenvalue weighted by Crippen LogP contribution is 2.35. The van der Waals surface area contributed by atoms with Crippen molar-refractivity contribution in [2.45, 2.75) is 33.2 Å². The molecule has 1 aliphatic rings. The topological polar surface area (TPSA) is 129 Å². The number of oxime groups is 1. The molecule has 0 N–H and O–H groups in total. The van der Waals surface area contributed by atoms with Crippen LogP contribution in [-0.4, -0.2) is 66.1 Å². The average Bonchev–Trinajstić information content (AvgIpc) is 3.62. The first-order chi connectivity index (χ1) is 18.0. The summed E-state index contributed by atoms with van der Waals surface area (Å²) in [6, 6.07) is 11.2. The molecule has 4 rings (SSSR count). The van der Waals surface area contributed by atoms with Gasteiger partial charge in [0.05, 0.1) is 19.5 Å². The van der Waals surface area contributed by atoms with Crippen molar-refractivity contribution in [3.8, 4) is 11.4 Å². The second kappa shape index (κ2) is 11.8. The summed E-state index contributed by atoms with van der Waals surface area (Å²) >= 11 is 0. The van der Waals surface area contributed by atoms with Crippen molar-refractivity contribution in [2.75, 3.05) is 33.4 Å². The molecule has 0 saturated carbocycles. The van der Waals surface area contributed by atoms with Crippen LogP contribution < -0.4 is 0 Å². The van der Waals surface area contributed by atoms with Crippen LogP contribution in [0.2, 0.25) is 0 Å². The number of piperidine rings is 1. The third-order valence-corrected chi connectivity index (χ3v) is 6.23. The van der Waals surface area contributed by atoms with Gasteiger partial charge in [0.2, 0.25) is 11.5 Å². The number of aromatic nitrogens is 2. The predicted octanol–water partition coefficient (Wildman–Crippen LogP) is 3.44. The minimum Gasteiger partial charge on any atom is -0.465 e. The molecule has 3 aromatic rings.